The summed E-state index contributed by atoms with van der Waals surface area (Å²) in [7, 11) is 0. The number of hydrogen-bond donors (Lipinski definition) is 1. The lowest BCUT2D eigenvalue weighted by molar-refractivity contribution is -0.141. The molecule has 0 bridgehead atoms. The Morgan fingerprint density at radius 3 is 2.61 bits per heavy atom. The number of aliphatic hydroxyl groups excluding tert-OH is 1. The SMILES string of the molecule is CC1(C)CCCC1C(=O)N1CCCCCC1CO. The van der Waals surface area contributed by atoms with Crippen LogP contribution >= 0.6 is 0 Å². The second kappa shape index (κ2) is 5.60. The molecule has 0 spiro atoms. The average Bonchev–Trinajstić information content (AvgIpc) is 2.56. The molecule has 2 unspecified atom stereocenters. The Labute approximate surface area is 111 Å². The molecule has 0 radical (unpaired) electrons. The van der Waals surface area contributed by atoms with Gasteiger partial charge in [-0.15, -0.1) is 0 Å². The van der Waals surface area contributed by atoms with Crippen LogP contribution in [-0.2, 0) is 4.79 Å². The van der Waals surface area contributed by atoms with Gasteiger partial charge in [0.1, 0.15) is 0 Å². The first-order valence-electron chi connectivity index (χ1n) is 7.47. The molecule has 1 aliphatic carbocycles. The monoisotopic (exact) mass is 253 g/mol. The summed E-state index contributed by atoms with van der Waals surface area (Å²) in [5.41, 5.74) is 0.142. The van der Waals surface area contributed by atoms with Gasteiger partial charge < -0.3 is 10.0 Å². The molecule has 2 atom stereocenters. The van der Waals surface area contributed by atoms with E-state index in [2.05, 4.69) is 13.8 Å². The smallest absolute Gasteiger partial charge is 0.226 e. The summed E-state index contributed by atoms with van der Waals surface area (Å²) in [6.45, 7) is 5.40. The molecule has 2 fully saturated rings. The molecule has 2 rings (SSSR count). The molecule has 1 aliphatic heterocycles. The molecule has 2 aliphatic rings. The summed E-state index contributed by atoms with van der Waals surface area (Å²) in [4.78, 5) is 14.7. The molecule has 3 nitrogen and oxygen atoms in total. The van der Waals surface area contributed by atoms with Gasteiger partial charge in [0.15, 0.2) is 0 Å². The van der Waals surface area contributed by atoms with Gasteiger partial charge in [-0.05, 0) is 31.1 Å². The van der Waals surface area contributed by atoms with E-state index in [4.69, 9.17) is 0 Å². The van der Waals surface area contributed by atoms with Crippen LogP contribution in [0.4, 0.5) is 0 Å². The van der Waals surface area contributed by atoms with E-state index in [1.807, 2.05) is 4.90 Å². The predicted octanol–water partition coefficient (Wildman–Crippen LogP) is 2.58. The van der Waals surface area contributed by atoms with Gasteiger partial charge in [-0.2, -0.15) is 0 Å². The van der Waals surface area contributed by atoms with Crippen molar-refractivity contribution < 1.29 is 9.90 Å². The number of amides is 1. The van der Waals surface area contributed by atoms with E-state index < -0.39 is 0 Å². The van der Waals surface area contributed by atoms with Gasteiger partial charge in [-0.1, -0.05) is 33.1 Å². The van der Waals surface area contributed by atoms with Gasteiger partial charge in [-0.25, -0.2) is 0 Å². The van der Waals surface area contributed by atoms with Crippen molar-refractivity contribution in [2.45, 2.75) is 64.8 Å². The summed E-state index contributed by atoms with van der Waals surface area (Å²) in [5.74, 6) is 0.475. The summed E-state index contributed by atoms with van der Waals surface area (Å²) in [5, 5.41) is 9.51. The van der Waals surface area contributed by atoms with Crippen molar-refractivity contribution in [1.29, 1.82) is 0 Å². The Morgan fingerprint density at radius 1 is 1.22 bits per heavy atom. The third-order valence-corrected chi connectivity index (χ3v) is 4.93. The number of aliphatic hydroxyl groups is 1. The van der Waals surface area contributed by atoms with E-state index in [1.54, 1.807) is 0 Å². The standard InChI is InChI=1S/C15H27NO2/c1-15(2)9-6-8-13(15)14(18)16-10-5-3-4-7-12(16)11-17/h12-13,17H,3-11H2,1-2H3. The molecule has 1 saturated heterocycles. The first kappa shape index (κ1) is 13.9. The molecule has 0 aromatic carbocycles. The molecule has 1 saturated carbocycles. The van der Waals surface area contributed by atoms with Crippen LogP contribution in [0.15, 0.2) is 0 Å². The van der Waals surface area contributed by atoms with Crippen LogP contribution in [0.5, 0.6) is 0 Å². The maximum absolute atomic E-state index is 12.8. The van der Waals surface area contributed by atoms with Crippen LogP contribution in [0.3, 0.4) is 0 Å². The number of carbonyl (C=O) groups is 1. The lowest BCUT2D eigenvalue weighted by atomic mass is 9.81. The van der Waals surface area contributed by atoms with Crippen LogP contribution < -0.4 is 0 Å². The minimum Gasteiger partial charge on any atom is -0.394 e. The minimum atomic E-state index is 0.0661. The molecule has 1 heterocycles. The third kappa shape index (κ3) is 2.71. The van der Waals surface area contributed by atoms with E-state index in [0.29, 0.717) is 5.91 Å². The van der Waals surface area contributed by atoms with Crippen LogP contribution in [0, 0.1) is 11.3 Å². The van der Waals surface area contributed by atoms with E-state index in [0.717, 1.165) is 38.6 Å². The number of carbonyl (C=O) groups excluding carboxylic acids is 1. The molecule has 18 heavy (non-hydrogen) atoms. The molecule has 104 valence electrons. The third-order valence-electron chi connectivity index (χ3n) is 4.93. The zero-order valence-corrected chi connectivity index (χ0v) is 11.8. The highest BCUT2D eigenvalue weighted by Gasteiger charge is 2.42. The highest BCUT2D eigenvalue weighted by molar-refractivity contribution is 5.80. The van der Waals surface area contributed by atoms with Crippen molar-refractivity contribution >= 4 is 5.91 Å². The largest absolute Gasteiger partial charge is 0.394 e. The first-order valence-corrected chi connectivity index (χ1v) is 7.47. The van der Waals surface area contributed by atoms with Crippen molar-refractivity contribution in [3.05, 3.63) is 0 Å². The van der Waals surface area contributed by atoms with Crippen molar-refractivity contribution in [2.24, 2.45) is 11.3 Å². The summed E-state index contributed by atoms with van der Waals surface area (Å²) < 4.78 is 0. The molecule has 0 aromatic heterocycles. The van der Waals surface area contributed by atoms with Gasteiger partial charge in [0.25, 0.3) is 0 Å². The molecular weight excluding hydrogens is 226 g/mol. The molecule has 3 heteroatoms. The maximum atomic E-state index is 12.8. The average molecular weight is 253 g/mol. The van der Waals surface area contributed by atoms with Gasteiger partial charge >= 0.3 is 0 Å². The fourth-order valence-corrected chi connectivity index (χ4v) is 3.64. The Morgan fingerprint density at radius 2 is 2.00 bits per heavy atom. The van der Waals surface area contributed by atoms with Gasteiger partial charge in [-0.3, -0.25) is 4.79 Å². The number of rotatable bonds is 2. The zero-order chi connectivity index (χ0) is 13.2. The lowest BCUT2D eigenvalue weighted by Gasteiger charge is -2.35. The summed E-state index contributed by atoms with van der Waals surface area (Å²) >= 11 is 0. The van der Waals surface area contributed by atoms with E-state index in [9.17, 15) is 9.90 Å². The van der Waals surface area contributed by atoms with Crippen LogP contribution in [0.25, 0.3) is 0 Å². The quantitative estimate of drug-likeness (QED) is 0.821. The van der Waals surface area contributed by atoms with Crippen molar-refractivity contribution in [3.8, 4) is 0 Å². The first-order chi connectivity index (χ1) is 8.56. The van der Waals surface area contributed by atoms with E-state index >= 15 is 0 Å². The van der Waals surface area contributed by atoms with E-state index in [1.165, 1.54) is 12.8 Å². The Hall–Kier alpha value is -0.570. The van der Waals surface area contributed by atoms with Crippen LogP contribution in [-0.4, -0.2) is 35.1 Å². The van der Waals surface area contributed by atoms with Crippen molar-refractivity contribution in [3.63, 3.8) is 0 Å². The highest BCUT2D eigenvalue weighted by Crippen LogP contribution is 2.43. The maximum Gasteiger partial charge on any atom is 0.226 e. The Balaban J connectivity index is 2.10. The van der Waals surface area contributed by atoms with Crippen molar-refractivity contribution in [2.75, 3.05) is 13.2 Å². The van der Waals surface area contributed by atoms with Crippen molar-refractivity contribution in [1.82, 2.24) is 4.90 Å². The molecule has 1 amide bonds. The van der Waals surface area contributed by atoms with Gasteiger partial charge in [0.2, 0.25) is 5.91 Å². The second-order valence-corrected chi connectivity index (χ2v) is 6.65. The topological polar surface area (TPSA) is 40.5 Å². The normalized spacial score (nSPS) is 32.3. The molecule has 0 aromatic rings. The number of hydrogen-bond acceptors (Lipinski definition) is 2. The fourth-order valence-electron chi connectivity index (χ4n) is 3.64. The van der Waals surface area contributed by atoms with E-state index in [-0.39, 0.29) is 24.0 Å². The van der Waals surface area contributed by atoms with Gasteiger partial charge in [0, 0.05) is 12.5 Å². The highest BCUT2D eigenvalue weighted by atomic mass is 16.3. The fraction of sp³-hybridized carbons (Fsp3) is 0.933. The zero-order valence-electron chi connectivity index (χ0n) is 11.8. The van der Waals surface area contributed by atoms with Crippen LogP contribution in [0.2, 0.25) is 0 Å². The minimum absolute atomic E-state index is 0.0661. The molecule has 1 N–H and O–H groups in total. The lowest BCUT2D eigenvalue weighted by Crippen LogP contribution is -2.47. The summed E-state index contributed by atoms with van der Waals surface area (Å²) in [6, 6.07) is 0.0661. The second-order valence-electron chi connectivity index (χ2n) is 6.65. The Bertz CT molecular complexity index is 301. The molecular formula is C15H27NO2. The Kier molecular flexibility index (Phi) is 4.31. The van der Waals surface area contributed by atoms with Gasteiger partial charge in [0.05, 0.1) is 12.6 Å². The number of nitrogens with zero attached hydrogens (tertiary/aromatic N) is 1. The van der Waals surface area contributed by atoms with Crippen LogP contribution in [0.1, 0.15) is 58.8 Å². The predicted molar refractivity (Wildman–Crippen MR) is 72.2 cm³/mol. The number of likely N-dealkylation sites (tertiary alicyclic amines) is 1. The summed E-state index contributed by atoms with van der Waals surface area (Å²) in [6.07, 6.45) is 7.74.